The number of carbonyl (C=O) groups is 3. The van der Waals surface area contributed by atoms with Gasteiger partial charge in [0.1, 0.15) is 11.7 Å². The van der Waals surface area contributed by atoms with E-state index in [0.717, 1.165) is 17.0 Å². The van der Waals surface area contributed by atoms with Crippen LogP contribution in [0.4, 0.5) is 5.95 Å². The van der Waals surface area contributed by atoms with Gasteiger partial charge in [-0.05, 0) is 37.6 Å². The van der Waals surface area contributed by atoms with E-state index < -0.39 is 23.8 Å². The van der Waals surface area contributed by atoms with Crippen molar-refractivity contribution < 1.29 is 19.5 Å². The van der Waals surface area contributed by atoms with E-state index in [1.165, 1.54) is 6.20 Å². The summed E-state index contributed by atoms with van der Waals surface area (Å²) in [4.78, 5) is 46.0. The molecule has 0 spiro atoms. The second-order valence-corrected chi connectivity index (χ2v) is 7.55. The van der Waals surface area contributed by atoms with Crippen LogP contribution in [0.15, 0.2) is 78.6 Å². The van der Waals surface area contributed by atoms with Crippen molar-refractivity contribution in [2.24, 2.45) is 0 Å². The van der Waals surface area contributed by atoms with Gasteiger partial charge in [0, 0.05) is 29.6 Å². The van der Waals surface area contributed by atoms with Gasteiger partial charge in [0.05, 0.1) is 0 Å². The highest BCUT2D eigenvalue weighted by Crippen LogP contribution is 2.07. The molecule has 9 nitrogen and oxygen atoms in total. The lowest BCUT2D eigenvalue weighted by molar-refractivity contribution is -0.141. The molecule has 0 aliphatic heterocycles. The third kappa shape index (κ3) is 6.99. The van der Waals surface area contributed by atoms with Crippen molar-refractivity contribution in [2.75, 3.05) is 5.32 Å². The van der Waals surface area contributed by atoms with Crippen molar-refractivity contribution in [3.05, 3.63) is 101 Å². The Labute approximate surface area is 197 Å². The zero-order valence-corrected chi connectivity index (χ0v) is 18.8. The van der Waals surface area contributed by atoms with Gasteiger partial charge in [-0.2, -0.15) is 0 Å². The fraction of sp³-hybridized carbons (Fsp3) is 0.160. The van der Waals surface area contributed by atoms with E-state index >= 15 is 0 Å². The molecule has 4 N–H and O–H groups in total. The molecule has 2 amide bonds. The number of anilines is 1. The van der Waals surface area contributed by atoms with Crippen molar-refractivity contribution in [2.45, 2.75) is 26.3 Å². The summed E-state index contributed by atoms with van der Waals surface area (Å²) in [6.45, 7) is 3.60. The Hall–Kier alpha value is -4.53. The van der Waals surface area contributed by atoms with Gasteiger partial charge in [0.25, 0.3) is 11.8 Å². The second-order valence-electron chi connectivity index (χ2n) is 7.55. The first-order valence-electron chi connectivity index (χ1n) is 10.5. The van der Waals surface area contributed by atoms with Gasteiger partial charge in [-0.15, -0.1) is 0 Å². The van der Waals surface area contributed by atoms with Crippen molar-refractivity contribution in [3.8, 4) is 0 Å². The van der Waals surface area contributed by atoms with Crippen molar-refractivity contribution in [1.82, 2.24) is 20.6 Å². The van der Waals surface area contributed by atoms with Crippen LogP contribution >= 0.6 is 0 Å². The Morgan fingerprint density at radius 2 is 1.53 bits per heavy atom. The molecule has 1 unspecified atom stereocenters. The van der Waals surface area contributed by atoms with E-state index in [9.17, 15) is 19.5 Å². The number of carboxylic acid groups (broad SMARTS) is 1. The van der Waals surface area contributed by atoms with E-state index in [0.29, 0.717) is 5.56 Å². The summed E-state index contributed by atoms with van der Waals surface area (Å²) in [6.07, 6.45) is 1.32. The topological polar surface area (TPSA) is 133 Å². The van der Waals surface area contributed by atoms with Crippen molar-refractivity contribution >= 4 is 23.7 Å². The minimum Gasteiger partial charge on any atom is -0.480 e. The number of aryl methyl sites for hydroxylation is 2. The van der Waals surface area contributed by atoms with Gasteiger partial charge in [-0.3, -0.25) is 9.59 Å². The normalized spacial score (nSPS) is 11.9. The summed E-state index contributed by atoms with van der Waals surface area (Å²) >= 11 is 0. The molecule has 174 valence electrons. The summed E-state index contributed by atoms with van der Waals surface area (Å²) in [5, 5.41) is 17.5. The molecule has 1 heterocycles. The van der Waals surface area contributed by atoms with E-state index in [2.05, 4.69) is 25.9 Å². The molecule has 34 heavy (non-hydrogen) atoms. The Morgan fingerprint density at radius 3 is 2.12 bits per heavy atom. The van der Waals surface area contributed by atoms with Gasteiger partial charge in [0.2, 0.25) is 5.95 Å². The molecule has 0 saturated carbocycles. The highest BCUT2D eigenvalue weighted by Gasteiger charge is 2.23. The number of hydrogen-bond donors (Lipinski definition) is 4. The minimum absolute atomic E-state index is 0.0788. The van der Waals surface area contributed by atoms with Crippen LogP contribution in [0, 0.1) is 13.8 Å². The molecule has 0 saturated heterocycles. The molecule has 0 radical (unpaired) electrons. The molecule has 0 bridgehead atoms. The standard InChI is InChI=1S/C25H25N5O4/c1-16-13-17(2)28-25(27-16)26-15-21(30-22(31)19-11-7-4-8-12-19)23(32)29-20(24(33)34)14-18-9-5-3-6-10-18/h3-13,15,20H,14H2,1-2H3,(H,29,32)(H,30,31)(H,33,34)(H,26,27,28)/b21-15-. The fourth-order valence-electron chi connectivity index (χ4n) is 3.16. The summed E-state index contributed by atoms with van der Waals surface area (Å²) in [5.41, 5.74) is 2.34. The van der Waals surface area contributed by atoms with Gasteiger partial charge >= 0.3 is 5.97 Å². The van der Waals surface area contributed by atoms with Crippen LogP contribution in [0.5, 0.6) is 0 Å². The molecule has 3 rings (SSSR count). The predicted molar refractivity (Wildman–Crippen MR) is 127 cm³/mol. The highest BCUT2D eigenvalue weighted by atomic mass is 16.4. The first kappa shape index (κ1) is 24.1. The van der Waals surface area contributed by atoms with E-state index in [-0.39, 0.29) is 18.1 Å². The Balaban J connectivity index is 1.83. The molecule has 9 heteroatoms. The maximum Gasteiger partial charge on any atom is 0.326 e. The first-order chi connectivity index (χ1) is 16.3. The largest absolute Gasteiger partial charge is 0.480 e. The monoisotopic (exact) mass is 459 g/mol. The smallest absolute Gasteiger partial charge is 0.326 e. The SMILES string of the molecule is Cc1cc(C)nc(N/C=C(\NC(=O)c2ccccc2)C(=O)NC(Cc2ccccc2)C(=O)O)n1. The Bertz CT molecular complexity index is 1180. The Morgan fingerprint density at radius 1 is 0.941 bits per heavy atom. The molecular formula is C25H25N5O4. The van der Waals surface area contributed by atoms with E-state index in [4.69, 9.17) is 0 Å². The third-order valence-corrected chi connectivity index (χ3v) is 4.74. The maximum atomic E-state index is 13.0. The first-order valence-corrected chi connectivity index (χ1v) is 10.5. The summed E-state index contributed by atoms with van der Waals surface area (Å²) < 4.78 is 0. The number of aromatic nitrogens is 2. The minimum atomic E-state index is -1.20. The van der Waals surface area contributed by atoms with Gasteiger partial charge < -0.3 is 21.1 Å². The van der Waals surface area contributed by atoms with Crippen LogP contribution in [0.2, 0.25) is 0 Å². The van der Waals surface area contributed by atoms with Gasteiger partial charge in [0.15, 0.2) is 0 Å². The predicted octanol–water partition coefficient (Wildman–Crippen LogP) is 2.59. The van der Waals surface area contributed by atoms with Gasteiger partial charge in [-0.1, -0.05) is 48.5 Å². The highest BCUT2D eigenvalue weighted by molar-refractivity contribution is 6.03. The summed E-state index contributed by atoms with van der Waals surface area (Å²) in [5.74, 6) is -2.27. The zero-order chi connectivity index (χ0) is 24.5. The lowest BCUT2D eigenvalue weighted by atomic mass is 10.1. The van der Waals surface area contributed by atoms with Crippen LogP contribution < -0.4 is 16.0 Å². The zero-order valence-electron chi connectivity index (χ0n) is 18.8. The van der Waals surface area contributed by atoms with Crippen molar-refractivity contribution in [1.29, 1.82) is 0 Å². The molecule has 1 aromatic heterocycles. The van der Waals surface area contributed by atoms with Crippen LogP contribution in [-0.4, -0.2) is 38.9 Å². The lowest BCUT2D eigenvalue weighted by Gasteiger charge is -2.17. The third-order valence-electron chi connectivity index (χ3n) is 4.74. The number of nitrogens with zero attached hydrogens (tertiary/aromatic N) is 2. The number of amides is 2. The number of nitrogens with one attached hydrogen (secondary N) is 3. The molecular weight excluding hydrogens is 434 g/mol. The number of rotatable bonds is 9. The molecule has 2 aromatic carbocycles. The average molecular weight is 460 g/mol. The van der Waals surface area contributed by atoms with E-state index in [1.54, 1.807) is 74.5 Å². The van der Waals surface area contributed by atoms with Crippen LogP contribution in [0.1, 0.15) is 27.3 Å². The molecule has 0 aliphatic carbocycles. The lowest BCUT2D eigenvalue weighted by Crippen LogP contribution is -2.45. The van der Waals surface area contributed by atoms with Crippen LogP contribution in [-0.2, 0) is 16.0 Å². The van der Waals surface area contributed by atoms with Gasteiger partial charge in [-0.25, -0.2) is 14.8 Å². The number of aliphatic carboxylic acids is 1. The molecule has 0 aliphatic rings. The molecule has 1 atom stereocenters. The molecule has 3 aromatic rings. The number of benzene rings is 2. The fourth-order valence-corrected chi connectivity index (χ4v) is 3.16. The number of carbonyl (C=O) groups excluding carboxylic acids is 2. The number of carboxylic acids is 1. The quantitative estimate of drug-likeness (QED) is 0.362. The number of hydrogen-bond acceptors (Lipinski definition) is 6. The van der Waals surface area contributed by atoms with E-state index in [1.807, 2.05) is 6.07 Å². The van der Waals surface area contributed by atoms with Crippen molar-refractivity contribution in [3.63, 3.8) is 0 Å². The second kappa shape index (κ2) is 11.4. The van der Waals surface area contributed by atoms with Crippen LogP contribution in [0.25, 0.3) is 0 Å². The summed E-state index contributed by atoms with van der Waals surface area (Å²) in [7, 11) is 0. The maximum absolute atomic E-state index is 13.0. The average Bonchev–Trinajstić information content (AvgIpc) is 2.81. The summed E-state index contributed by atoms with van der Waals surface area (Å²) in [6, 6.07) is 17.9. The van der Waals surface area contributed by atoms with Crippen LogP contribution in [0.3, 0.4) is 0 Å². The Kier molecular flexibility index (Phi) is 8.07. The molecule has 0 fully saturated rings.